The van der Waals surface area contributed by atoms with Crippen LogP contribution in [0.25, 0.3) is 0 Å². The minimum Gasteiger partial charge on any atom is -0.389 e. The first-order valence-electron chi connectivity index (χ1n) is 6.71. The van der Waals surface area contributed by atoms with Crippen molar-refractivity contribution in [1.29, 1.82) is 0 Å². The van der Waals surface area contributed by atoms with Crippen molar-refractivity contribution >= 4 is 44.7 Å². The molecule has 0 aliphatic carbocycles. The number of anilines is 1. The van der Waals surface area contributed by atoms with Crippen molar-refractivity contribution in [1.82, 2.24) is 5.32 Å². The van der Waals surface area contributed by atoms with Crippen LogP contribution in [0.4, 0.5) is 5.69 Å². The summed E-state index contributed by atoms with van der Waals surface area (Å²) in [7, 11) is 0. The van der Waals surface area contributed by atoms with Gasteiger partial charge in [-0.05, 0) is 31.0 Å². The Hall–Kier alpha value is -1.14. The lowest BCUT2D eigenvalue weighted by Gasteiger charge is -2.38. The van der Waals surface area contributed by atoms with Gasteiger partial charge in [0.25, 0.3) is 0 Å². The van der Waals surface area contributed by atoms with Gasteiger partial charge < -0.3 is 16.0 Å². The Morgan fingerprint density at radius 3 is 3.05 bits per heavy atom. The lowest BCUT2D eigenvalue weighted by Crippen LogP contribution is -2.46. The Kier molecular flexibility index (Phi) is 3.69. The van der Waals surface area contributed by atoms with Gasteiger partial charge >= 0.3 is 0 Å². The number of nitrogens with zero attached hydrogens (tertiary/aromatic N) is 1. The number of nitrogens with two attached hydrogens (primary N) is 1. The van der Waals surface area contributed by atoms with Gasteiger partial charge in [-0.15, -0.1) is 0 Å². The van der Waals surface area contributed by atoms with E-state index in [4.69, 9.17) is 18.0 Å². The number of nitrogens with one attached hydrogen (secondary N) is 1. The third-order valence-electron chi connectivity index (χ3n) is 4.14. The second-order valence-corrected chi connectivity index (χ2v) is 6.64. The van der Waals surface area contributed by atoms with Gasteiger partial charge in [-0.2, -0.15) is 0 Å². The summed E-state index contributed by atoms with van der Waals surface area (Å²) in [4.78, 5) is 14.6. The van der Waals surface area contributed by atoms with Crippen LogP contribution in [0.3, 0.4) is 0 Å². The fraction of sp³-hybridized carbons (Fsp3) is 0.429. The molecular weight excluding hydrogens is 338 g/mol. The fourth-order valence-corrected chi connectivity index (χ4v) is 3.72. The predicted molar refractivity (Wildman–Crippen MR) is 86.9 cm³/mol. The summed E-state index contributed by atoms with van der Waals surface area (Å²) in [5, 5.41) is 2.97. The molecule has 2 atom stereocenters. The van der Waals surface area contributed by atoms with Crippen LogP contribution in [-0.4, -0.2) is 30.0 Å². The Morgan fingerprint density at radius 2 is 2.30 bits per heavy atom. The average Bonchev–Trinajstić information content (AvgIpc) is 2.80. The van der Waals surface area contributed by atoms with E-state index in [9.17, 15) is 4.79 Å². The van der Waals surface area contributed by atoms with Crippen molar-refractivity contribution in [3.05, 3.63) is 28.2 Å². The number of carbonyl (C=O) groups is 1. The van der Waals surface area contributed by atoms with Gasteiger partial charge in [0.05, 0.1) is 12.0 Å². The van der Waals surface area contributed by atoms with Gasteiger partial charge in [0.15, 0.2) is 0 Å². The summed E-state index contributed by atoms with van der Waals surface area (Å²) in [5.74, 6) is 0.258. The van der Waals surface area contributed by atoms with Crippen molar-refractivity contribution in [3.63, 3.8) is 0 Å². The molecule has 0 spiro atoms. The van der Waals surface area contributed by atoms with E-state index in [0.717, 1.165) is 35.1 Å². The third-order valence-corrected chi connectivity index (χ3v) is 4.85. The van der Waals surface area contributed by atoms with Crippen LogP contribution >= 0.6 is 28.1 Å². The number of benzene rings is 1. The SMILES string of the molecule is NC(=S)c1ccc(Br)cc1N1CCCC2C(=O)NCC21. The molecule has 3 rings (SSSR count). The number of amides is 1. The molecule has 2 unspecified atom stereocenters. The van der Waals surface area contributed by atoms with Gasteiger partial charge in [-0.1, -0.05) is 28.1 Å². The Morgan fingerprint density at radius 1 is 1.50 bits per heavy atom. The molecule has 0 bridgehead atoms. The maximum Gasteiger partial charge on any atom is 0.225 e. The third kappa shape index (κ3) is 2.31. The first-order valence-corrected chi connectivity index (χ1v) is 7.92. The molecule has 1 amide bonds. The van der Waals surface area contributed by atoms with Crippen LogP contribution < -0.4 is 16.0 Å². The molecule has 2 saturated heterocycles. The minimum absolute atomic E-state index is 0.0851. The monoisotopic (exact) mass is 353 g/mol. The van der Waals surface area contributed by atoms with Crippen LogP contribution in [0.1, 0.15) is 18.4 Å². The normalized spacial score (nSPS) is 25.2. The van der Waals surface area contributed by atoms with Gasteiger partial charge in [0.1, 0.15) is 4.99 Å². The van der Waals surface area contributed by atoms with Crippen molar-refractivity contribution in [2.75, 3.05) is 18.0 Å². The number of hydrogen-bond donors (Lipinski definition) is 2. The van der Waals surface area contributed by atoms with E-state index in [1.165, 1.54) is 0 Å². The van der Waals surface area contributed by atoms with Gasteiger partial charge in [0, 0.05) is 28.8 Å². The second-order valence-electron chi connectivity index (χ2n) is 5.28. The highest BCUT2D eigenvalue weighted by atomic mass is 79.9. The fourth-order valence-electron chi connectivity index (χ4n) is 3.20. The number of thiocarbonyl (C=S) groups is 1. The van der Waals surface area contributed by atoms with Crippen LogP contribution in [-0.2, 0) is 4.79 Å². The highest BCUT2D eigenvalue weighted by Gasteiger charge is 2.41. The molecular formula is C14H16BrN3OS. The molecule has 6 heteroatoms. The van der Waals surface area contributed by atoms with E-state index < -0.39 is 0 Å². The molecule has 2 heterocycles. The zero-order chi connectivity index (χ0) is 14.3. The summed E-state index contributed by atoms with van der Waals surface area (Å²) in [6, 6.07) is 6.13. The summed E-state index contributed by atoms with van der Waals surface area (Å²) in [5.41, 5.74) is 7.75. The molecule has 3 N–H and O–H groups in total. The first-order chi connectivity index (χ1) is 9.58. The number of rotatable bonds is 2. The minimum atomic E-state index is 0.0851. The van der Waals surface area contributed by atoms with E-state index in [-0.39, 0.29) is 17.9 Å². The number of hydrogen-bond acceptors (Lipinski definition) is 3. The number of halogens is 1. The van der Waals surface area contributed by atoms with E-state index >= 15 is 0 Å². The highest BCUT2D eigenvalue weighted by Crippen LogP contribution is 2.34. The molecule has 2 aliphatic rings. The Balaban J connectivity index is 2.01. The maximum absolute atomic E-state index is 11.9. The molecule has 0 radical (unpaired) electrons. The molecule has 1 aromatic carbocycles. The van der Waals surface area contributed by atoms with Crippen molar-refractivity contribution < 1.29 is 4.79 Å². The summed E-state index contributed by atoms with van der Waals surface area (Å²) < 4.78 is 0.993. The van der Waals surface area contributed by atoms with E-state index in [2.05, 4.69) is 26.1 Å². The van der Waals surface area contributed by atoms with Crippen molar-refractivity contribution in [2.24, 2.45) is 11.7 Å². The molecule has 2 aliphatic heterocycles. The zero-order valence-electron chi connectivity index (χ0n) is 10.9. The Bertz CT molecular complexity index is 578. The molecule has 20 heavy (non-hydrogen) atoms. The summed E-state index contributed by atoms with van der Waals surface area (Å²) in [6.45, 7) is 1.63. The molecule has 1 aromatic rings. The topological polar surface area (TPSA) is 58.4 Å². The van der Waals surface area contributed by atoms with E-state index in [1.54, 1.807) is 0 Å². The lowest BCUT2D eigenvalue weighted by atomic mass is 9.90. The number of fused-ring (bicyclic) bond motifs is 1. The van der Waals surface area contributed by atoms with E-state index in [0.29, 0.717) is 11.5 Å². The zero-order valence-corrected chi connectivity index (χ0v) is 13.3. The maximum atomic E-state index is 11.9. The number of carbonyl (C=O) groups excluding carboxylic acids is 1. The van der Waals surface area contributed by atoms with Gasteiger partial charge in [-0.25, -0.2) is 0 Å². The second kappa shape index (κ2) is 5.33. The van der Waals surface area contributed by atoms with Crippen LogP contribution in [0.2, 0.25) is 0 Å². The summed E-state index contributed by atoms with van der Waals surface area (Å²) >= 11 is 8.66. The lowest BCUT2D eigenvalue weighted by molar-refractivity contribution is -0.122. The van der Waals surface area contributed by atoms with Crippen LogP contribution in [0.15, 0.2) is 22.7 Å². The van der Waals surface area contributed by atoms with Crippen molar-refractivity contribution in [2.45, 2.75) is 18.9 Å². The predicted octanol–water partition coefficient (Wildman–Crippen LogP) is 1.80. The Labute approximate surface area is 131 Å². The molecule has 0 saturated carbocycles. The van der Waals surface area contributed by atoms with Crippen molar-refractivity contribution in [3.8, 4) is 0 Å². The van der Waals surface area contributed by atoms with E-state index in [1.807, 2.05) is 18.2 Å². The average molecular weight is 354 g/mol. The molecule has 106 valence electrons. The van der Waals surface area contributed by atoms with Gasteiger partial charge in [-0.3, -0.25) is 4.79 Å². The largest absolute Gasteiger partial charge is 0.389 e. The molecule has 2 fully saturated rings. The highest BCUT2D eigenvalue weighted by molar-refractivity contribution is 9.10. The first kappa shape index (κ1) is 13.8. The van der Waals surface area contributed by atoms with Gasteiger partial charge in [0.2, 0.25) is 5.91 Å². The molecule has 4 nitrogen and oxygen atoms in total. The quantitative estimate of drug-likeness (QED) is 0.796. The van der Waals surface area contributed by atoms with Crippen LogP contribution in [0.5, 0.6) is 0 Å². The smallest absolute Gasteiger partial charge is 0.225 e. The summed E-state index contributed by atoms with van der Waals surface area (Å²) in [6.07, 6.45) is 1.97. The van der Waals surface area contributed by atoms with Crippen LogP contribution in [0, 0.1) is 5.92 Å². The number of piperidine rings is 1. The standard InChI is InChI=1S/C14H16BrN3OS/c15-8-3-4-9(13(16)20)11(6-8)18-5-1-2-10-12(18)7-17-14(10)19/h3-4,6,10,12H,1-2,5,7H2,(H2,16,20)(H,17,19). The molecule has 0 aromatic heterocycles.